The molecule has 0 radical (unpaired) electrons. The van der Waals surface area contributed by atoms with Crippen LogP contribution >= 0.6 is 0 Å². The maximum Gasteiger partial charge on any atom is 0.306 e. The molecule has 3 heteroatoms. The maximum absolute atomic E-state index is 10.9. The fourth-order valence-electron chi connectivity index (χ4n) is 2.27. The van der Waals surface area contributed by atoms with E-state index in [9.17, 15) is 4.79 Å². The lowest BCUT2D eigenvalue weighted by Crippen LogP contribution is -2.12. The highest BCUT2D eigenvalue weighted by atomic mass is 16.5. The summed E-state index contributed by atoms with van der Waals surface area (Å²) in [5, 5.41) is 11.2. The molecule has 0 amide bonds. The molecule has 2 aromatic carbocycles. The summed E-state index contributed by atoms with van der Waals surface area (Å²) < 4.78 is 5.70. The van der Waals surface area contributed by atoms with Gasteiger partial charge in [-0.15, -0.1) is 0 Å². The van der Waals surface area contributed by atoms with Crippen LogP contribution in [0.4, 0.5) is 0 Å². The van der Waals surface area contributed by atoms with Crippen LogP contribution in [0.2, 0.25) is 0 Å². The van der Waals surface area contributed by atoms with Gasteiger partial charge in [0.05, 0.1) is 12.5 Å². The molecule has 0 saturated carbocycles. The number of hydrogen-bond donors (Lipinski definition) is 1. The number of carboxylic acids is 1. The van der Waals surface area contributed by atoms with E-state index in [1.165, 1.54) is 0 Å². The molecule has 2 aromatic rings. The van der Waals surface area contributed by atoms with Gasteiger partial charge in [0.15, 0.2) is 0 Å². The fourth-order valence-corrected chi connectivity index (χ4v) is 2.27. The lowest BCUT2D eigenvalue weighted by atomic mass is 9.98. The van der Waals surface area contributed by atoms with Gasteiger partial charge in [0.1, 0.15) is 5.75 Å². The van der Waals surface area contributed by atoms with E-state index in [0.29, 0.717) is 6.42 Å². The molecule has 0 spiro atoms. The van der Waals surface area contributed by atoms with Crippen LogP contribution in [0.25, 0.3) is 10.8 Å². The van der Waals surface area contributed by atoms with Crippen molar-refractivity contribution in [3.05, 3.63) is 42.0 Å². The van der Waals surface area contributed by atoms with Crippen LogP contribution in [-0.4, -0.2) is 17.7 Å². The second-order valence-electron chi connectivity index (χ2n) is 5.49. The van der Waals surface area contributed by atoms with Gasteiger partial charge in [-0.1, -0.05) is 44.5 Å². The van der Waals surface area contributed by atoms with Crippen molar-refractivity contribution in [3.8, 4) is 5.75 Å². The number of benzene rings is 2. The molecular formula is C18H22O3. The predicted octanol–water partition coefficient (Wildman–Crippen LogP) is 4.28. The van der Waals surface area contributed by atoms with E-state index in [4.69, 9.17) is 9.84 Å². The number of carbonyl (C=O) groups is 1. The lowest BCUT2D eigenvalue weighted by molar-refractivity contribution is -0.141. The van der Waals surface area contributed by atoms with Gasteiger partial charge in [0, 0.05) is 0 Å². The van der Waals surface area contributed by atoms with E-state index < -0.39 is 5.97 Å². The molecule has 0 aromatic heterocycles. The topological polar surface area (TPSA) is 46.5 Å². The average Bonchev–Trinajstić information content (AvgIpc) is 2.47. The first-order valence-electron chi connectivity index (χ1n) is 7.48. The first-order chi connectivity index (χ1) is 10.1. The second-order valence-corrected chi connectivity index (χ2v) is 5.49. The first kappa shape index (κ1) is 15.4. The Kier molecular flexibility index (Phi) is 5.20. The highest BCUT2D eigenvalue weighted by Gasteiger charge is 2.11. The third kappa shape index (κ3) is 4.22. The van der Waals surface area contributed by atoms with Crippen molar-refractivity contribution in [2.24, 2.45) is 5.92 Å². The van der Waals surface area contributed by atoms with E-state index in [0.717, 1.165) is 41.5 Å². The van der Waals surface area contributed by atoms with E-state index in [1.807, 2.05) is 30.3 Å². The molecule has 1 atom stereocenters. The largest absolute Gasteiger partial charge is 0.494 e. The number of carboxylic acid groups (broad SMARTS) is 1. The highest BCUT2D eigenvalue weighted by Crippen LogP contribution is 2.23. The summed E-state index contributed by atoms with van der Waals surface area (Å²) in [7, 11) is 0. The molecule has 0 unspecified atom stereocenters. The summed E-state index contributed by atoms with van der Waals surface area (Å²) in [4.78, 5) is 10.9. The minimum absolute atomic E-state index is 0.362. The molecule has 112 valence electrons. The summed E-state index contributed by atoms with van der Waals surface area (Å²) in [5.41, 5.74) is 1.05. The van der Waals surface area contributed by atoms with Gasteiger partial charge in [-0.05, 0) is 41.3 Å². The number of aliphatic carboxylic acids is 1. The van der Waals surface area contributed by atoms with E-state index >= 15 is 0 Å². The van der Waals surface area contributed by atoms with Crippen molar-refractivity contribution in [1.82, 2.24) is 0 Å². The van der Waals surface area contributed by atoms with Crippen molar-refractivity contribution in [3.63, 3.8) is 0 Å². The van der Waals surface area contributed by atoms with Crippen LogP contribution in [0.15, 0.2) is 36.4 Å². The number of unbranched alkanes of at least 4 members (excludes halogenated alkanes) is 1. The molecule has 21 heavy (non-hydrogen) atoms. The summed E-state index contributed by atoms with van der Waals surface area (Å²) in [6.07, 6.45) is 2.74. The summed E-state index contributed by atoms with van der Waals surface area (Å²) in [6.45, 7) is 4.62. The Bertz CT molecular complexity index is 619. The van der Waals surface area contributed by atoms with Crippen molar-refractivity contribution in [2.75, 3.05) is 6.61 Å². The minimum atomic E-state index is -0.755. The zero-order chi connectivity index (χ0) is 15.2. The van der Waals surface area contributed by atoms with Crippen LogP contribution < -0.4 is 4.74 Å². The minimum Gasteiger partial charge on any atom is -0.494 e. The Labute approximate surface area is 125 Å². The van der Waals surface area contributed by atoms with Crippen molar-refractivity contribution in [1.29, 1.82) is 0 Å². The van der Waals surface area contributed by atoms with Gasteiger partial charge >= 0.3 is 5.97 Å². The zero-order valence-corrected chi connectivity index (χ0v) is 12.6. The number of hydrogen-bond acceptors (Lipinski definition) is 2. The van der Waals surface area contributed by atoms with E-state index in [2.05, 4.69) is 13.0 Å². The Morgan fingerprint density at radius 1 is 1.19 bits per heavy atom. The maximum atomic E-state index is 10.9. The Morgan fingerprint density at radius 3 is 2.62 bits per heavy atom. The zero-order valence-electron chi connectivity index (χ0n) is 12.6. The molecule has 2 rings (SSSR count). The second kappa shape index (κ2) is 7.11. The van der Waals surface area contributed by atoms with Crippen molar-refractivity contribution in [2.45, 2.75) is 33.1 Å². The van der Waals surface area contributed by atoms with Gasteiger partial charge in [-0.25, -0.2) is 0 Å². The van der Waals surface area contributed by atoms with Crippen LogP contribution in [0.1, 0.15) is 32.3 Å². The smallest absolute Gasteiger partial charge is 0.306 e. The van der Waals surface area contributed by atoms with E-state index in [1.54, 1.807) is 6.92 Å². The summed E-state index contributed by atoms with van der Waals surface area (Å²) >= 11 is 0. The SMILES string of the molecule is CCCCOc1ccc2cc(C[C@H](C)C(=O)O)ccc2c1. The molecule has 0 saturated heterocycles. The molecule has 3 nitrogen and oxygen atoms in total. The highest BCUT2D eigenvalue weighted by molar-refractivity contribution is 5.84. The molecule has 0 fully saturated rings. The molecule has 0 aliphatic heterocycles. The third-order valence-corrected chi connectivity index (χ3v) is 3.61. The lowest BCUT2D eigenvalue weighted by Gasteiger charge is -2.09. The van der Waals surface area contributed by atoms with Gasteiger partial charge in [0.2, 0.25) is 0 Å². The summed E-state index contributed by atoms with van der Waals surface area (Å²) in [6, 6.07) is 12.1. The van der Waals surface area contributed by atoms with Gasteiger partial charge < -0.3 is 9.84 Å². The quantitative estimate of drug-likeness (QED) is 0.773. The van der Waals surface area contributed by atoms with Gasteiger partial charge in [-0.3, -0.25) is 4.79 Å². The Morgan fingerprint density at radius 2 is 1.90 bits per heavy atom. The normalized spacial score (nSPS) is 12.3. The third-order valence-electron chi connectivity index (χ3n) is 3.61. The molecular weight excluding hydrogens is 264 g/mol. The van der Waals surface area contributed by atoms with Crippen LogP contribution in [0, 0.1) is 5.92 Å². The molecule has 1 N–H and O–H groups in total. The van der Waals surface area contributed by atoms with Crippen LogP contribution in [0.5, 0.6) is 5.75 Å². The van der Waals surface area contributed by atoms with E-state index in [-0.39, 0.29) is 5.92 Å². The van der Waals surface area contributed by atoms with Crippen LogP contribution in [-0.2, 0) is 11.2 Å². The van der Waals surface area contributed by atoms with Crippen LogP contribution in [0.3, 0.4) is 0 Å². The standard InChI is InChI=1S/C18H22O3/c1-3-4-9-21-17-8-7-15-11-14(5-6-16(15)12-17)10-13(2)18(19)20/h5-8,11-13H,3-4,9-10H2,1-2H3,(H,19,20)/t13-/m0/s1. The molecule has 0 bridgehead atoms. The number of fused-ring (bicyclic) bond motifs is 1. The molecule has 0 aliphatic rings. The number of rotatable bonds is 7. The monoisotopic (exact) mass is 286 g/mol. The Balaban J connectivity index is 2.13. The summed E-state index contributed by atoms with van der Waals surface area (Å²) in [5.74, 6) is -0.225. The molecule has 0 aliphatic carbocycles. The number of ether oxygens (including phenoxy) is 1. The van der Waals surface area contributed by atoms with Crippen molar-refractivity contribution < 1.29 is 14.6 Å². The Hall–Kier alpha value is -2.03. The van der Waals surface area contributed by atoms with Gasteiger partial charge in [-0.2, -0.15) is 0 Å². The van der Waals surface area contributed by atoms with Crippen molar-refractivity contribution >= 4 is 16.7 Å². The molecule has 0 heterocycles. The first-order valence-corrected chi connectivity index (χ1v) is 7.48. The average molecular weight is 286 g/mol. The van der Waals surface area contributed by atoms with Gasteiger partial charge in [0.25, 0.3) is 0 Å². The fraction of sp³-hybridized carbons (Fsp3) is 0.389. The predicted molar refractivity (Wildman–Crippen MR) is 84.9 cm³/mol.